The van der Waals surface area contributed by atoms with E-state index >= 15 is 0 Å². The lowest BCUT2D eigenvalue weighted by Crippen LogP contribution is -2.54. The minimum Gasteiger partial charge on any atom is -0.374 e. The highest BCUT2D eigenvalue weighted by Gasteiger charge is 2.60. The summed E-state index contributed by atoms with van der Waals surface area (Å²) in [5.41, 5.74) is 2.51. The monoisotopic (exact) mass is 478 g/mol. The Morgan fingerprint density at radius 2 is 1.57 bits per heavy atom. The van der Waals surface area contributed by atoms with E-state index in [1.54, 1.807) is 0 Å². The molecule has 4 saturated carbocycles. The highest BCUT2D eigenvalue weighted by Crippen LogP contribution is 2.68. The molecule has 4 fully saturated rings. The Morgan fingerprint density at radius 3 is 2.34 bits per heavy atom. The molecular weight excluding hydrogens is 424 g/mol. The third-order valence-corrected chi connectivity index (χ3v) is 12.1. The van der Waals surface area contributed by atoms with Gasteiger partial charge < -0.3 is 4.74 Å². The van der Waals surface area contributed by atoms with Gasteiger partial charge >= 0.3 is 0 Å². The summed E-state index contributed by atoms with van der Waals surface area (Å²) >= 11 is 0. The van der Waals surface area contributed by atoms with E-state index in [1.165, 1.54) is 82.6 Å². The highest BCUT2D eigenvalue weighted by atomic mass is 16.5. The molecule has 1 heteroatoms. The zero-order chi connectivity index (χ0) is 24.6. The summed E-state index contributed by atoms with van der Waals surface area (Å²) in [6.07, 6.45) is 17.8. The number of hydrogen-bond donors (Lipinski definition) is 0. The van der Waals surface area contributed by atoms with Gasteiger partial charge in [-0.1, -0.05) is 84.2 Å². The Balaban J connectivity index is 1.20. The molecule has 0 aliphatic heterocycles. The van der Waals surface area contributed by atoms with E-state index < -0.39 is 0 Å². The van der Waals surface area contributed by atoms with Crippen LogP contribution in [0.2, 0.25) is 0 Å². The van der Waals surface area contributed by atoms with Crippen LogP contribution in [0.1, 0.15) is 117 Å². The Labute approximate surface area is 217 Å². The van der Waals surface area contributed by atoms with Gasteiger partial charge in [0.15, 0.2) is 0 Å². The van der Waals surface area contributed by atoms with Crippen molar-refractivity contribution < 1.29 is 4.74 Å². The summed E-state index contributed by atoms with van der Waals surface area (Å²) < 4.78 is 6.47. The molecular formula is C34H54O. The lowest BCUT2D eigenvalue weighted by molar-refractivity contribution is -0.138. The van der Waals surface area contributed by atoms with Gasteiger partial charge in [-0.2, -0.15) is 0 Å². The normalized spacial score (nSPS) is 41.8. The van der Waals surface area contributed by atoms with Gasteiger partial charge in [-0.05, 0) is 116 Å². The van der Waals surface area contributed by atoms with E-state index in [0.717, 1.165) is 48.0 Å². The van der Waals surface area contributed by atoms with E-state index in [0.29, 0.717) is 16.9 Å². The van der Waals surface area contributed by atoms with Crippen molar-refractivity contribution >= 4 is 0 Å². The second kappa shape index (κ2) is 10.5. The molecule has 4 aliphatic rings. The summed E-state index contributed by atoms with van der Waals surface area (Å²) in [6.45, 7) is 13.6. The zero-order valence-electron chi connectivity index (χ0n) is 23.6. The molecule has 35 heavy (non-hydrogen) atoms. The first kappa shape index (κ1) is 25.8. The second-order valence-corrected chi connectivity index (χ2v) is 14.4. The molecule has 1 nitrogen and oxygen atoms in total. The van der Waals surface area contributed by atoms with Crippen molar-refractivity contribution in [3.63, 3.8) is 0 Å². The van der Waals surface area contributed by atoms with E-state index in [9.17, 15) is 0 Å². The van der Waals surface area contributed by atoms with E-state index in [4.69, 9.17) is 4.74 Å². The third kappa shape index (κ3) is 5.02. The van der Waals surface area contributed by atoms with Crippen molar-refractivity contribution in [2.75, 3.05) is 0 Å². The van der Waals surface area contributed by atoms with Crippen LogP contribution in [0, 0.1) is 52.3 Å². The molecule has 0 aromatic heterocycles. The van der Waals surface area contributed by atoms with Crippen molar-refractivity contribution in [3.05, 3.63) is 35.9 Å². The molecule has 4 aliphatic carbocycles. The fourth-order valence-corrected chi connectivity index (χ4v) is 10.2. The van der Waals surface area contributed by atoms with Crippen molar-refractivity contribution in [2.45, 2.75) is 124 Å². The lowest BCUT2D eigenvalue weighted by Gasteiger charge is -2.61. The topological polar surface area (TPSA) is 9.23 Å². The average molecular weight is 479 g/mol. The molecule has 1 aromatic rings. The quantitative estimate of drug-likeness (QED) is 0.361. The number of ether oxygens (including phenoxy) is 1. The van der Waals surface area contributed by atoms with Crippen molar-refractivity contribution in [2.24, 2.45) is 52.3 Å². The second-order valence-electron chi connectivity index (χ2n) is 14.4. The van der Waals surface area contributed by atoms with E-state index in [1.807, 2.05) is 0 Å². The van der Waals surface area contributed by atoms with Crippen LogP contribution in [-0.4, -0.2) is 6.10 Å². The molecule has 1 aromatic carbocycles. The molecule has 196 valence electrons. The number of rotatable bonds is 8. The molecule has 0 radical (unpaired) electrons. The van der Waals surface area contributed by atoms with Crippen LogP contribution in [0.25, 0.3) is 0 Å². The molecule has 6 unspecified atom stereocenters. The largest absolute Gasteiger partial charge is 0.374 e. The maximum atomic E-state index is 6.47. The first-order valence-electron chi connectivity index (χ1n) is 15.5. The number of benzene rings is 1. The van der Waals surface area contributed by atoms with Crippen LogP contribution in [0.5, 0.6) is 0 Å². The van der Waals surface area contributed by atoms with Crippen LogP contribution < -0.4 is 0 Å². The molecule has 0 spiro atoms. The van der Waals surface area contributed by atoms with Gasteiger partial charge in [-0.3, -0.25) is 0 Å². The Kier molecular flexibility index (Phi) is 7.75. The van der Waals surface area contributed by atoms with Crippen LogP contribution in [-0.2, 0) is 11.3 Å². The molecule has 0 N–H and O–H groups in total. The van der Waals surface area contributed by atoms with Gasteiger partial charge in [0.25, 0.3) is 0 Å². The Morgan fingerprint density at radius 1 is 0.829 bits per heavy atom. The minimum absolute atomic E-state index is 0.473. The lowest BCUT2D eigenvalue weighted by atomic mass is 9.44. The van der Waals surface area contributed by atoms with Crippen LogP contribution >= 0.6 is 0 Å². The standard InChI is InChI=1S/C34H54O/c1-24(2)10-9-11-25(3)30-16-17-31-29-15-14-27-22-28(35-23-26-12-7-6-8-13-26)18-20-33(27,4)32(29)19-21-34(30,31)5/h6-8,12-13,24-25,27-32H,9-11,14-23H2,1-5H3/t25?,27?,28-,29?,30?,31?,32?,33-,34+/m0/s1. The Bertz CT molecular complexity index is 815. The summed E-state index contributed by atoms with van der Waals surface area (Å²) in [7, 11) is 0. The zero-order valence-corrected chi connectivity index (χ0v) is 23.6. The summed E-state index contributed by atoms with van der Waals surface area (Å²) in [5.74, 6) is 6.63. The summed E-state index contributed by atoms with van der Waals surface area (Å²) in [5, 5.41) is 0. The highest BCUT2D eigenvalue weighted by molar-refractivity contribution is 5.14. The average Bonchev–Trinajstić information content (AvgIpc) is 3.20. The summed E-state index contributed by atoms with van der Waals surface area (Å²) in [6, 6.07) is 10.8. The van der Waals surface area contributed by atoms with Crippen LogP contribution in [0.4, 0.5) is 0 Å². The van der Waals surface area contributed by atoms with Gasteiger partial charge in [-0.25, -0.2) is 0 Å². The van der Waals surface area contributed by atoms with Gasteiger partial charge in [0, 0.05) is 0 Å². The van der Waals surface area contributed by atoms with Gasteiger partial charge in [0.05, 0.1) is 12.7 Å². The van der Waals surface area contributed by atoms with Crippen molar-refractivity contribution in [1.29, 1.82) is 0 Å². The van der Waals surface area contributed by atoms with Gasteiger partial charge in [0.2, 0.25) is 0 Å². The molecule has 9 atom stereocenters. The Hall–Kier alpha value is -0.820. The van der Waals surface area contributed by atoms with Crippen LogP contribution in [0.15, 0.2) is 30.3 Å². The third-order valence-electron chi connectivity index (χ3n) is 12.1. The molecule has 5 rings (SSSR count). The fraction of sp³-hybridized carbons (Fsp3) is 0.824. The molecule has 0 amide bonds. The SMILES string of the molecule is CC(C)CCCC(C)C1CCC2C3CCC4C[C@@H](OCc5ccccc5)CC[C@]4(C)C3CC[C@]12C. The number of fused-ring (bicyclic) bond motifs is 5. The maximum Gasteiger partial charge on any atom is 0.0720 e. The van der Waals surface area contributed by atoms with E-state index in [-0.39, 0.29) is 0 Å². The van der Waals surface area contributed by atoms with Gasteiger partial charge in [-0.15, -0.1) is 0 Å². The van der Waals surface area contributed by atoms with Crippen molar-refractivity contribution in [3.8, 4) is 0 Å². The van der Waals surface area contributed by atoms with Crippen molar-refractivity contribution in [1.82, 2.24) is 0 Å². The molecule has 0 heterocycles. The predicted molar refractivity (Wildman–Crippen MR) is 148 cm³/mol. The van der Waals surface area contributed by atoms with Crippen LogP contribution in [0.3, 0.4) is 0 Å². The fourth-order valence-electron chi connectivity index (χ4n) is 10.2. The smallest absolute Gasteiger partial charge is 0.0720 e. The first-order valence-corrected chi connectivity index (χ1v) is 15.5. The summed E-state index contributed by atoms with van der Waals surface area (Å²) in [4.78, 5) is 0. The minimum atomic E-state index is 0.473. The van der Waals surface area contributed by atoms with E-state index in [2.05, 4.69) is 65.0 Å². The first-order chi connectivity index (χ1) is 16.8. The number of hydrogen-bond acceptors (Lipinski definition) is 1. The molecule has 0 bridgehead atoms. The predicted octanol–water partition coefficient (Wildman–Crippen LogP) is 9.69. The van der Waals surface area contributed by atoms with Gasteiger partial charge in [0.1, 0.15) is 0 Å². The molecule has 0 saturated heterocycles. The maximum absolute atomic E-state index is 6.47.